The van der Waals surface area contributed by atoms with Crippen molar-refractivity contribution in [2.24, 2.45) is 0 Å². The summed E-state index contributed by atoms with van der Waals surface area (Å²) >= 11 is 0. The fourth-order valence-corrected chi connectivity index (χ4v) is 3.64. The molecule has 1 fully saturated rings. The van der Waals surface area contributed by atoms with Gasteiger partial charge in [0, 0.05) is 51.0 Å². The lowest BCUT2D eigenvalue weighted by Gasteiger charge is -2.35. The van der Waals surface area contributed by atoms with E-state index in [1.807, 2.05) is 0 Å². The van der Waals surface area contributed by atoms with E-state index >= 15 is 0 Å². The number of benzene rings is 1. The van der Waals surface area contributed by atoms with Crippen molar-refractivity contribution in [2.75, 3.05) is 44.2 Å². The number of nitrogens with one attached hydrogen (secondary N) is 1. The number of piperazine rings is 1. The predicted molar refractivity (Wildman–Crippen MR) is 116 cm³/mol. The van der Waals surface area contributed by atoms with Crippen molar-refractivity contribution in [3.63, 3.8) is 0 Å². The van der Waals surface area contributed by atoms with Crippen LogP contribution < -0.4 is 10.2 Å². The monoisotopic (exact) mass is 389 g/mol. The number of anilines is 1. The van der Waals surface area contributed by atoms with Crippen LogP contribution in [0.5, 0.6) is 0 Å². The minimum Gasteiger partial charge on any atom is -0.372 e. The highest BCUT2D eigenvalue weighted by Gasteiger charge is 2.21. The number of rotatable bonds is 9. The van der Waals surface area contributed by atoms with Crippen LogP contribution in [-0.4, -0.2) is 44.2 Å². The van der Waals surface area contributed by atoms with E-state index in [4.69, 9.17) is 0 Å². The fraction of sp³-hybridized carbons (Fsp3) is 0.700. The van der Waals surface area contributed by atoms with Gasteiger partial charge in [-0.05, 0) is 38.0 Å². The summed E-state index contributed by atoms with van der Waals surface area (Å²) in [5.74, 6) is 0. The highest BCUT2D eigenvalue weighted by molar-refractivity contribution is 5.85. The van der Waals surface area contributed by atoms with Crippen LogP contribution in [0, 0.1) is 0 Å². The Labute approximate surface area is 167 Å². The molecule has 1 aromatic carbocycles. The lowest BCUT2D eigenvalue weighted by molar-refractivity contribution is 0.163. The molecule has 0 saturated carbocycles. The summed E-state index contributed by atoms with van der Waals surface area (Å²) in [6, 6.07) is 9.96. The summed E-state index contributed by atoms with van der Waals surface area (Å²) in [5, 5.41) is 3.48. The first-order chi connectivity index (χ1) is 11.3. The van der Waals surface area contributed by atoms with Crippen LogP contribution >= 0.6 is 24.8 Å². The molecule has 1 atom stereocenters. The van der Waals surface area contributed by atoms with E-state index in [0.29, 0.717) is 6.04 Å². The Balaban J connectivity index is 0.00000288. The fourth-order valence-electron chi connectivity index (χ4n) is 3.64. The SMILES string of the molecule is CCCCC[C@@H](c1ccc(N(CC)CC)cc1)N1CCNCC1.Cl.Cl. The summed E-state index contributed by atoms with van der Waals surface area (Å²) < 4.78 is 0. The Morgan fingerprint density at radius 3 is 2.08 bits per heavy atom. The molecule has 0 spiro atoms. The van der Waals surface area contributed by atoms with Crippen molar-refractivity contribution in [3.8, 4) is 0 Å². The summed E-state index contributed by atoms with van der Waals surface area (Å²) in [6.45, 7) is 13.5. The van der Waals surface area contributed by atoms with Gasteiger partial charge in [0.1, 0.15) is 0 Å². The van der Waals surface area contributed by atoms with E-state index in [1.54, 1.807) is 0 Å². The van der Waals surface area contributed by atoms with Gasteiger partial charge in [-0.15, -0.1) is 24.8 Å². The van der Waals surface area contributed by atoms with E-state index in [0.717, 1.165) is 26.2 Å². The minimum absolute atomic E-state index is 0. The van der Waals surface area contributed by atoms with Crippen LogP contribution in [0.2, 0.25) is 0 Å². The molecular weight excluding hydrogens is 353 g/mol. The molecule has 1 aliphatic rings. The third-order valence-corrected chi connectivity index (χ3v) is 5.08. The van der Waals surface area contributed by atoms with Crippen molar-refractivity contribution in [2.45, 2.75) is 52.5 Å². The van der Waals surface area contributed by atoms with E-state index < -0.39 is 0 Å². The smallest absolute Gasteiger partial charge is 0.0366 e. The Bertz CT molecular complexity index is 429. The van der Waals surface area contributed by atoms with E-state index in [-0.39, 0.29) is 24.8 Å². The van der Waals surface area contributed by atoms with Gasteiger partial charge in [0.2, 0.25) is 0 Å². The Morgan fingerprint density at radius 1 is 0.960 bits per heavy atom. The number of unbranched alkanes of at least 4 members (excludes halogenated alkanes) is 2. The second-order valence-electron chi connectivity index (χ2n) is 6.56. The third-order valence-electron chi connectivity index (χ3n) is 5.08. The molecule has 1 saturated heterocycles. The van der Waals surface area contributed by atoms with Gasteiger partial charge in [0.05, 0.1) is 0 Å². The zero-order valence-corrected chi connectivity index (χ0v) is 17.8. The van der Waals surface area contributed by atoms with Gasteiger partial charge < -0.3 is 10.2 Å². The van der Waals surface area contributed by atoms with Gasteiger partial charge in [-0.1, -0.05) is 38.3 Å². The molecule has 1 aliphatic heterocycles. The first-order valence-electron chi connectivity index (χ1n) is 9.59. The average Bonchev–Trinajstić information content (AvgIpc) is 2.61. The first kappa shape index (κ1) is 24.5. The molecule has 3 nitrogen and oxygen atoms in total. The maximum atomic E-state index is 3.48. The summed E-state index contributed by atoms with van der Waals surface area (Å²) in [4.78, 5) is 5.10. The van der Waals surface area contributed by atoms with Gasteiger partial charge in [0.25, 0.3) is 0 Å². The first-order valence-corrected chi connectivity index (χ1v) is 9.59. The molecule has 0 aromatic heterocycles. The molecule has 5 heteroatoms. The molecule has 0 radical (unpaired) electrons. The van der Waals surface area contributed by atoms with Crippen LogP contribution in [0.25, 0.3) is 0 Å². The number of hydrogen-bond acceptors (Lipinski definition) is 3. The molecule has 0 aliphatic carbocycles. The molecule has 0 bridgehead atoms. The van der Waals surface area contributed by atoms with Gasteiger partial charge in [-0.3, -0.25) is 4.90 Å². The molecule has 0 amide bonds. The third kappa shape index (κ3) is 7.34. The standard InChI is InChI=1S/C20H35N3.2ClH/c1-4-7-8-9-20(23-16-14-21-15-17-23)18-10-12-19(13-11-18)22(5-2)6-3;;/h10-13,20-21H,4-9,14-17H2,1-3H3;2*1H/t20-;;/m0../s1. The highest BCUT2D eigenvalue weighted by atomic mass is 35.5. The number of halogens is 2. The molecule has 1 heterocycles. The number of nitrogens with zero attached hydrogens (tertiary/aromatic N) is 2. The highest BCUT2D eigenvalue weighted by Crippen LogP contribution is 2.28. The maximum Gasteiger partial charge on any atom is 0.0366 e. The molecular formula is C20H37Cl2N3. The molecule has 0 unspecified atom stereocenters. The molecule has 146 valence electrons. The summed E-state index contributed by atoms with van der Waals surface area (Å²) in [5.41, 5.74) is 2.85. The van der Waals surface area contributed by atoms with E-state index in [9.17, 15) is 0 Å². The number of hydrogen-bond donors (Lipinski definition) is 1. The van der Waals surface area contributed by atoms with Crippen molar-refractivity contribution in [1.82, 2.24) is 10.2 Å². The van der Waals surface area contributed by atoms with Crippen molar-refractivity contribution < 1.29 is 0 Å². The summed E-state index contributed by atoms with van der Waals surface area (Å²) in [6.07, 6.45) is 5.27. The lowest BCUT2D eigenvalue weighted by Crippen LogP contribution is -2.45. The quantitative estimate of drug-likeness (QED) is 0.605. The van der Waals surface area contributed by atoms with Gasteiger partial charge in [-0.2, -0.15) is 0 Å². The van der Waals surface area contributed by atoms with E-state index in [2.05, 4.69) is 60.2 Å². The molecule has 2 rings (SSSR count). The van der Waals surface area contributed by atoms with Crippen LogP contribution in [0.1, 0.15) is 58.1 Å². The maximum absolute atomic E-state index is 3.48. The van der Waals surface area contributed by atoms with Crippen LogP contribution in [-0.2, 0) is 0 Å². The Kier molecular flexibility index (Phi) is 13.4. The zero-order valence-electron chi connectivity index (χ0n) is 16.2. The van der Waals surface area contributed by atoms with Crippen LogP contribution in [0.3, 0.4) is 0 Å². The Hall–Kier alpha value is -0.480. The predicted octanol–water partition coefficient (Wildman–Crippen LogP) is 4.90. The topological polar surface area (TPSA) is 18.5 Å². The Morgan fingerprint density at radius 2 is 1.56 bits per heavy atom. The van der Waals surface area contributed by atoms with Gasteiger partial charge in [-0.25, -0.2) is 0 Å². The van der Waals surface area contributed by atoms with Crippen LogP contribution in [0.4, 0.5) is 5.69 Å². The van der Waals surface area contributed by atoms with Crippen molar-refractivity contribution >= 4 is 30.5 Å². The van der Waals surface area contributed by atoms with Gasteiger partial charge in [0.15, 0.2) is 0 Å². The van der Waals surface area contributed by atoms with Gasteiger partial charge >= 0.3 is 0 Å². The van der Waals surface area contributed by atoms with Crippen LogP contribution in [0.15, 0.2) is 24.3 Å². The molecule has 1 aromatic rings. The van der Waals surface area contributed by atoms with Crippen molar-refractivity contribution in [1.29, 1.82) is 0 Å². The minimum atomic E-state index is 0. The normalized spacial score (nSPS) is 15.8. The largest absolute Gasteiger partial charge is 0.372 e. The molecule has 1 N–H and O–H groups in total. The second-order valence-corrected chi connectivity index (χ2v) is 6.56. The zero-order chi connectivity index (χ0) is 16.5. The second kappa shape index (κ2) is 13.7. The molecule has 25 heavy (non-hydrogen) atoms. The lowest BCUT2D eigenvalue weighted by atomic mass is 9.97. The average molecular weight is 390 g/mol. The van der Waals surface area contributed by atoms with E-state index in [1.165, 1.54) is 50.0 Å². The summed E-state index contributed by atoms with van der Waals surface area (Å²) in [7, 11) is 0. The van der Waals surface area contributed by atoms with Crippen molar-refractivity contribution in [3.05, 3.63) is 29.8 Å².